The van der Waals surface area contributed by atoms with Crippen molar-refractivity contribution in [2.24, 2.45) is 0 Å². The van der Waals surface area contributed by atoms with E-state index in [0.29, 0.717) is 19.6 Å². The number of anilines is 2. The van der Waals surface area contributed by atoms with Gasteiger partial charge in [-0.05, 0) is 56.2 Å². The maximum Gasteiger partial charge on any atom is 0.211 e. The molecule has 2 aromatic rings. The molecule has 0 aliphatic heterocycles. The zero-order valence-corrected chi connectivity index (χ0v) is 13.4. The summed E-state index contributed by atoms with van der Waals surface area (Å²) in [6.45, 7) is 8.08. The molecule has 1 heterocycles. The first-order valence-corrected chi connectivity index (χ1v) is 7.53. The molecule has 1 amide bonds. The highest BCUT2D eigenvalue weighted by atomic mass is 16.5. The molecule has 1 aromatic heterocycles. The standard InChI is InChI=1S/C17H23N3O2/c1-4-20(19-8-6-7-9-19)17-11-15(12-22-5-2)10-16(14(17)3)18-13-21/h6-11,13H,4-5,12H2,1-3H3,(H,18,21). The van der Waals surface area contributed by atoms with Gasteiger partial charge in [0.25, 0.3) is 0 Å². The van der Waals surface area contributed by atoms with Crippen molar-refractivity contribution in [2.75, 3.05) is 23.5 Å². The smallest absolute Gasteiger partial charge is 0.211 e. The lowest BCUT2D eigenvalue weighted by atomic mass is 10.1. The van der Waals surface area contributed by atoms with Crippen molar-refractivity contribution in [1.29, 1.82) is 0 Å². The number of rotatable bonds is 8. The van der Waals surface area contributed by atoms with E-state index in [9.17, 15) is 4.79 Å². The summed E-state index contributed by atoms with van der Waals surface area (Å²) >= 11 is 0. The van der Waals surface area contributed by atoms with Gasteiger partial charge in [0.1, 0.15) is 0 Å². The van der Waals surface area contributed by atoms with Crippen molar-refractivity contribution in [3.63, 3.8) is 0 Å². The van der Waals surface area contributed by atoms with Crippen molar-refractivity contribution in [2.45, 2.75) is 27.4 Å². The fraction of sp³-hybridized carbons (Fsp3) is 0.353. The van der Waals surface area contributed by atoms with Crippen LogP contribution in [0.15, 0.2) is 36.7 Å². The van der Waals surface area contributed by atoms with Gasteiger partial charge in [0.2, 0.25) is 6.41 Å². The van der Waals surface area contributed by atoms with E-state index in [4.69, 9.17) is 4.74 Å². The molecule has 0 spiro atoms. The molecule has 0 fully saturated rings. The number of nitrogens with one attached hydrogen (secondary N) is 1. The van der Waals surface area contributed by atoms with E-state index in [1.165, 1.54) is 0 Å². The third kappa shape index (κ3) is 3.49. The number of carbonyl (C=O) groups is 1. The number of aromatic nitrogens is 1. The molecule has 2 rings (SSSR count). The highest BCUT2D eigenvalue weighted by Crippen LogP contribution is 2.29. The van der Waals surface area contributed by atoms with Crippen LogP contribution in [0.2, 0.25) is 0 Å². The van der Waals surface area contributed by atoms with Gasteiger partial charge < -0.3 is 10.1 Å². The zero-order chi connectivity index (χ0) is 15.9. The number of ether oxygens (including phenoxy) is 1. The second-order valence-corrected chi connectivity index (χ2v) is 4.97. The van der Waals surface area contributed by atoms with Crippen molar-refractivity contribution in [3.8, 4) is 0 Å². The van der Waals surface area contributed by atoms with Gasteiger partial charge in [0, 0.05) is 31.2 Å². The van der Waals surface area contributed by atoms with Crippen molar-refractivity contribution >= 4 is 17.8 Å². The lowest BCUT2D eigenvalue weighted by Gasteiger charge is -2.28. The third-order valence-electron chi connectivity index (χ3n) is 3.57. The summed E-state index contributed by atoms with van der Waals surface area (Å²) in [6, 6.07) is 8.07. The first-order valence-electron chi connectivity index (χ1n) is 7.53. The molecular weight excluding hydrogens is 278 g/mol. The Bertz CT molecular complexity index is 609. The Morgan fingerprint density at radius 2 is 2.00 bits per heavy atom. The predicted octanol–water partition coefficient (Wildman–Crippen LogP) is 3.19. The quantitative estimate of drug-likeness (QED) is 0.762. The lowest BCUT2D eigenvalue weighted by molar-refractivity contribution is -0.105. The molecule has 1 N–H and O–H groups in total. The summed E-state index contributed by atoms with van der Waals surface area (Å²) < 4.78 is 7.55. The monoisotopic (exact) mass is 301 g/mol. The number of amides is 1. The van der Waals surface area contributed by atoms with Crippen LogP contribution >= 0.6 is 0 Å². The predicted molar refractivity (Wildman–Crippen MR) is 89.0 cm³/mol. The summed E-state index contributed by atoms with van der Waals surface area (Å²) in [5.41, 5.74) is 3.94. The van der Waals surface area contributed by atoms with Crippen LogP contribution in [0.25, 0.3) is 0 Å². The van der Waals surface area contributed by atoms with E-state index in [0.717, 1.165) is 29.0 Å². The highest BCUT2D eigenvalue weighted by Gasteiger charge is 2.13. The van der Waals surface area contributed by atoms with Crippen LogP contribution < -0.4 is 10.3 Å². The normalized spacial score (nSPS) is 10.5. The van der Waals surface area contributed by atoms with Gasteiger partial charge in [-0.25, -0.2) is 0 Å². The van der Waals surface area contributed by atoms with Crippen LogP contribution in [-0.4, -0.2) is 24.2 Å². The Morgan fingerprint density at radius 1 is 1.27 bits per heavy atom. The van der Waals surface area contributed by atoms with Crippen molar-refractivity contribution in [1.82, 2.24) is 4.68 Å². The van der Waals surface area contributed by atoms with Gasteiger partial charge in [0.15, 0.2) is 0 Å². The van der Waals surface area contributed by atoms with Crippen LogP contribution in [0.4, 0.5) is 11.4 Å². The second kappa shape index (κ2) is 7.66. The Labute approximate surface area is 131 Å². The Hall–Kier alpha value is -2.27. The van der Waals surface area contributed by atoms with Crippen LogP contribution in [0.1, 0.15) is 25.0 Å². The molecule has 0 saturated heterocycles. The van der Waals surface area contributed by atoms with E-state index in [2.05, 4.69) is 23.3 Å². The second-order valence-electron chi connectivity index (χ2n) is 4.97. The minimum Gasteiger partial charge on any atom is -0.377 e. The molecule has 0 aliphatic rings. The zero-order valence-electron chi connectivity index (χ0n) is 13.4. The van der Waals surface area contributed by atoms with Crippen molar-refractivity contribution in [3.05, 3.63) is 47.8 Å². The third-order valence-corrected chi connectivity index (χ3v) is 3.57. The Balaban J connectivity index is 2.46. The lowest BCUT2D eigenvalue weighted by Crippen LogP contribution is -2.28. The minimum atomic E-state index is 0.528. The van der Waals surface area contributed by atoms with Gasteiger partial charge in [-0.3, -0.25) is 14.5 Å². The molecule has 5 heteroatoms. The first kappa shape index (κ1) is 16.1. The number of hydrogen-bond donors (Lipinski definition) is 1. The van der Waals surface area contributed by atoms with Gasteiger partial charge in [-0.1, -0.05) is 0 Å². The SMILES string of the molecule is CCOCc1cc(NC=O)c(C)c(N(CC)n2cccc2)c1. The highest BCUT2D eigenvalue weighted by molar-refractivity contribution is 5.78. The van der Waals surface area contributed by atoms with Crippen LogP contribution in [-0.2, 0) is 16.1 Å². The van der Waals surface area contributed by atoms with E-state index >= 15 is 0 Å². The minimum absolute atomic E-state index is 0.528. The molecule has 0 unspecified atom stereocenters. The van der Waals surface area contributed by atoms with Crippen LogP contribution in [0.3, 0.4) is 0 Å². The summed E-state index contributed by atoms with van der Waals surface area (Å²) in [7, 11) is 0. The Kier molecular flexibility index (Phi) is 5.61. The number of benzene rings is 1. The maximum absolute atomic E-state index is 10.9. The van der Waals surface area contributed by atoms with E-state index < -0.39 is 0 Å². The molecule has 0 saturated carbocycles. The van der Waals surface area contributed by atoms with E-state index in [1.807, 2.05) is 49.1 Å². The van der Waals surface area contributed by atoms with Gasteiger partial charge in [0.05, 0.1) is 12.3 Å². The van der Waals surface area contributed by atoms with Crippen LogP contribution in [0.5, 0.6) is 0 Å². The Morgan fingerprint density at radius 3 is 2.59 bits per heavy atom. The maximum atomic E-state index is 10.9. The molecule has 0 aliphatic carbocycles. The molecule has 118 valence electrons. The molecule has 1 aromatic carbocycles. The first-order chi connectivity index (χ1) is 10.7. The number of hydrogen-bond acceptors (Lipinski definition) is 3. The summed E-state index contributed by atoms with van der Waals surface area (Å²) in [6.07, 6.45) is 4.72. The molecule has 0 bridgehead atoms. The molecule has 5 nitrogen and oxygen atoms in total. The largest absolute Gasteiger partial charge is 0.377 e. The van der Waals surface area contributed by atoms with E-state index in [1.54, 1.807) is 0 Å². The van der Waals surface area contributed by atoms with Crippen molar-refractivity contribution < 1.29 is 9.53 Å². The summed E-state index contributed by atoms with van der Waals surface area (Å²) in [5.74, 6) is 0. The van der Waals surface area contributed by atoms with Gasteiger partial charge in [-0.15, -0.1) is 0 Å². The fourth-order valence-electron chi connectivity index (χ4n) is 2.49. The fourth-order valence-corrected chi connectivity index (χ4v) is 2.49. The molecule has 0 radical (unpaired) electrons. The molecule has 22 heavy (non-hydrogen) atoms. The molecular formula is C17H23N3O2. The topological polar surface area (TPSA) is 46.5 Å². The number of carbonyl (C=O) groups excluding carboxylic acids is 1. The average Bonchev–Trinajstić information content (AvgIpc) is 3.04. The average molecular weight is 301 g/mol. The summed E-state index contributed by atoms with van der Waals surface area (Å²) in [4.78, 5) is 10.9. The molecule has 0 atom stereocenters. The van der Waals surface area contributed by atoms with Gasteiger partial charge in [-0.2, -0.15) is 0 Å². The summed E-state index contributed by atoms with van der Waals surface area (Å²) in [5, 5.41) is 4.94. The van der Waals surface area contributed by atoms with Gasteiger partial charge >= 0.3 is 0 Å². The van der Waals surface area contributed by atoms with E-state index in [-0.39, 0.29) is 0 Å². The number of nitrogens with zero attached hydrogens (tertiary/aromatic N) is 2. The van der Waals surface area contributed by atoms with Crippen LogP contribution in [0, 0.1) is 6.92 Å².